The molecule has 0 bridgehead atoms. The Morgan fingerprint density at radius 1 is 0.909 bits per heavy atom. The second kappa shape index (κ2) is 4.86. The summed E-state index contributed by atoms with van der Waals surface area (Å²) in [5.41, 5.74) is 1.93. The van der Waals surface area contributed by atoms with Crippen LogP contribution >= 0.6 is 11.3 Å². The standard InChI is InChI=1S/C16H11NO3S2/c18-22(19,16-6-3-9-21-16)17-11-7-8-13-12-4-1-2-5-14(12)20-15(13)10-11/h1-10,17H. The lowest BCUT2D eigenvalue weighted by Gasteiger charge is -2.05. The molecule has 4 rings (SSSR count). The molecule has 0 aliphatic rings. The fourth-order valence-corrected chi connectivity index (χ4v) is 4.45. The molecule has 0 amide bonds. The molecule has 6 heteroatoms. The van der Waals surface area contributed by atoms with Crippen LogP contribution in [0.15, 0.2) is 68.6 Å². The SMILES string of the molecule is O=S(=O)(Nc1ccc2c(c1)oc1ccccc12)c1cccs1. The molecule has 0 unspecified atom stereocenters. The summed E-state index contributed by atoms with van der Waals surface area (Å²) >= 11 is 1.18. The fraction of sp³-hybridized carbons (Fsp3) is 0. The van der Waals surface area contributed by atoms with E-state index in [2.05, 4.69) is 4.72 Å². The Hall–Kier alpha value is -2.31. The third-order valence-electron chi connectivity index (χ3n) is 3.39. The summed E-state index contributed by atoms with van der Waals surface area (Å²) in [4.78, 5) is 0. The highest BCUT2D eigenvalue weighted by Gasteiger charge is 2.16. The van der Waals surface area contributed by atoms with E-state index in [1.54, 1.807) is 29.6 Å². The molecule has 4 aromatic rings. The fourth-order valence-electron chi connectivity index (χ4n) is 2.41. The van der Waals surface area contributed by atoms with Crippen molar-refractivity contribution in [1.29, 1.82) is 0 Å². The quantitative estimate of drug-likeness (QED) is 0.604. The Morgan fingerprint density at radius 2 is 1.73 bits per heavy atom. The maximum absolute atomic E-state index is 12.2. The number of benzene rings is 2. The number of hydrogen-bond acceptors (Lipinski definition) is 4. The van der Waals surface area contributed by atoms with Gasteiger partial charge in [0.1, 0.15) is 15.4 Å². The summed E-state index contributed by atoms with van der Waals surface area (Å²) in [6.45, 7) is 0. The van der Waals surface area contributed by atoms with Crippen molar-refractivity contribution in [2.24, 2.45) is 0 Å². The zero-order valence-electron chi connectivity index (χ0n) is 11.3. The van der Waals surface area contributed by atoms with Gasteiger partial charge in [-0.1, -0.05) is 24.3 Å². The molecule has 0 fully saturated rings. The molecule has 2 heterocycles. The molecule has 0 saturated heterocycles. The van der Waals surface area contributed by atoms with Crippen LogP contribution in [0, 0.1) is 0 Å². The van der Waals surface area contributed by atoms with Gasteiger partial charge in [-0.2, -0.15) is 0 Å². The smallest absolute Gasteiger partial charge is 0.271 e. The Bertz CT molecular complexity index is 1060. The normalized spacial score (nSPS) is 12.0. The van der Waals surface area contributed by atoms with Gasteiger partial charge in [-0.15, -0.1) is 11.3 Å². The average molecular weight is 329 g/mol. The van der Waals surface area contributed by atoms with Gasteiger partial charge >= 0.3 is 0 Å². The first-order chi connectivity index (χ1) is 10.6. The minimum Gasteiger partial charge on any atom is -0.456 e. The van der Waals surface area contributed by atoms with E-state index in [1.807, 2.05) is 30.3 Å². The second-order valence-electron chi connectivity index (χ2n) is 4.85. The summed E-state index contributed by atoms with van der Waals surface area (Å²) in [5.74, 6) is 0. The minimum absolute atomic E-state index is 0.289. The highest BCUT2D eigenvalue weighted by molar-refractivity contribution is 7.94. The molecule has 0 radical (unpaired) electrons. The number of para-hydroxylation sites is 1. The molecular formula is C16H11NO3S2. The summed E-state index contributed by atoms with van der Waals surface area (Å²) in [6.07, 6.45) is 0. The number of fused-ring (bicyclic) bond motifs is 3. The van der Waals surface area contributed by atoms with Crippen LogP contribution in [-0.2, 0) is 10.0 Å². The van der Waals surface area contributed by atoms with Crippen molar-refractivity contribution in [3.63, 3.8) is 0 Å². The molecule has 0 aliphatic carbocycles. The van der Waals surface area contributed by atoms with Crippen molar-refractivity contribution in [3.05, 3.63) is 60.0 Å². The van der Waals surface area contributed by atoms with Crippen LogP contribution < -0.4 is 4.72 Å². The zero-order chi connectivity index (χ0) is 15.2. The number of nitrogens with one attached hydrogen (secondary N) is 1. The lowest BCUT2D eigenvalue weighted by atomic mass is 10.1. The van der Waals surface area contributed by atoms with Gasteiger partial charge < -0.3 is 4.42 Å². The zero-order valence-corrected chi connectivity index (χ0v) is 12.9. The van der Waals surface area contributed by atoms with Gasteiger partial charge in [0.15, 0.2) is 0 Å². The molecule has 22 heavy (non-hydrogen) atoms. The molecule has 2 aromatic heterocycles. The Labute approximate surface area is 131 Å². The van der Waals surface area contributed by atoms with E-state index in [4.69, 9.17) is 4.42 Å². The number of furan rings is 1. The van der Waals surface area contributed by atoms with Crippen LogP contribution in [0.5, 0.6) is 0 Å². The number of anilines is 1. The lowest BCUT2D eigenvalue weighted by molar-refractivity contribution is 0.603. The van der Waals surface area contributed by atoms with Crippen LogP contribution in [0.3, 0.4) is 0 Å². The van der Waals surface area contributed by atoms with E-state index in [1.165, 1.54) is 11.3 Å². The molecular weight excluding hydrogens is 318 g/mol. The highest BCUT2D eigenvalue weighted by Crippen LogP contribution is 2.31. The van der Waals surface area contributed by atoms with Crippen LogP contribution in [0.2, 0.25) is 0 Å². The van der Waals surface area contributed by atoms with Crippen molar-refractivity contribution in [2.45, 2.75) is 4.21 Å². The first-order valence-electron chi connectivity index (χ1n) is 6.61. The average Bonchev–Trinajstić information content (AvgIpc) is 3.14. The summed E-state index contributed by atoms with van der Waals surface area (Å²) in [5, 5.41) is 3.72. The van der Waals surface area contributed by atoms with E-state index in [0.29, 0.717) is 11.3 Å². The van der Waals surface area contributed by atoms with Crippen molar-refractivity contribution in [1.82, 2.24) is 0 Å². The number of thiophene rings is 1. The molecule has 0 atom stereocenters. The van der Waals surface area contributed by atoms with Crippen molar-refractivity contribution >= 4 is 49.0 Å². The predicted molar refractivity (Wildman–Crippen MR) is 88.8 cm³/mol. The molecule has 1 N–H and O–H groups in total. The van der Waals surface area contributed by atoms with Crippen LogP contribution in [0.25, 0.3) is 21.9 Å². The monoisotopic (exact) mass is 329 g/mol. The van der Waals surface area contributed by atoms with Crippen LogP contribution in [-0.4, -0.2) is 8.42 Å². The van der Waals surface area contributed by atoms with E-state index >= 15 is 0 Å². The van der Waals surface area contributed by atoms with E-state index < -0.39 is 10.0 Å². The molecule has 4 nitrogen and oxygen atoms in total. The molecule has 0 aliphatic heterocycles. The summed E-state index contributed by atoms with van der Waals surface area (Å²) in [6, 6.07) is 16.3. The van der Waals surface area contributed by atoms with E-state index in [9.17, 15) is 8.42 Å². The maximum atomic E-state index is 12.2. The molecule has 110 valence electrons. The molecule has 2 aromatic carbocycles. The number of hydrogen-bond donors (Lipinski definition) is 1. The summed E-state index contributed by atoms with van der Waals surface area (Å²) in [7, 11) is -3.54. The topological polar surface area (TPSA) is 59.3 Å². The lowest BCUT2D eigenvalue weighted by Crippen LogP contribution is -2.11. The number of rotatable bonds is 3. The number of sulfonamides is 1. The first-order valence-corrected chi connectivity index (χ1v) is 8.97. The van der Waals surface area contributed by atoms with Gasteiger partial charge in [-0.3, -0.25) is 4.72 Å². The first kappa shape index (κ1) is 13.4. The summed E-state index contributed by atoms with van der Waals surface area (Å²) < 4.78 is 33.1. The molecule has 0 spiro atoms. The van der Waals surface area contributed by atoms with Gasteiger partial charge in [0.25, 0.3) is 10.0 Å². The Morgan fingerprint density at radius 3 is 2.55 bits per heavy atom. The second-order valence-corrected chi connectivity index (χ2v) is 7.70. The predicted octanol–water partition coefficient (Wildman–Crippen LogP) is 4.45. The molecule has 0 saturated carbocycles. The van der Waals surface area contributed by atoms with Gasteiger partial charge in [-0.25, -0.2) is 8.42 Å². The Kier molecular flexibility index (Phi) is 2.95. The maximum Gasteiger partial charge on any atom is 0.271 e. The third-order valence-corrected chi connectivity index (χ3v) is 6.17. The van der Waals surface area contributed by atoms with Gasteiger partial charge in [-0.05, 0) is 29.6 Å². The minimum atomic E-state index is -3.54. The van der Waals surface area contributed by atoms with Crippen LogP contribution in [0.1, 0.15) is 0 Å². The third kappa shape index (κ3) is 2.17. The van der Waals surface area contributed by atoms with Crippen molar-refractivity contribution in [3.8, 4) is 0 Å². The van der Waals surface area contributed by atoms with Gasteiger partial charge in [0.2, 0.25) is 0 Å². The van der Waals surface area contributed by atoms with Crippen LogP contribution in [0.4, 0.5) is 5.69 Å². The largest absolute Gasteiger partial charge is 0.456 e. The van der Waals surface area contributed by atoms with Crippen molar-refractivity contribution < 1.29 is 12.8 Å². The van der Waals surface area contributed by atoms with Crippen molar-refractivity contribution in [2.75, 3.05) is 4.72 Å². The van der Waals surface area contributed by atoms with Gasteiger partial charge in [0, 0.05) is 16.8 Å². The van der Waals surface area contributed by atoms with Gasteiger partial charge in [0.05, 0.1) is 5.69 Å². The van der Waals surface area contributed by atoms with E-state index in [0.717, 1.165) is 16.4 Å². The Balaban J connectivity index is 1.79. The highest BCUT2D eigenvalue weighted by atomic mass is 32.2. The van der Waals surface area contributed by atoms with E-state index in [-0.39, 0.29) is 4.21 Å².